The number of nitrogens with zero attached hydrogens (tertiary/aromatic N) is 1. The van der Waals surface area contributed by atoms with Crippen molar-refractivity contribution in [3.63, 3.8) is 0 Å². The molecule has 0 spiro atoms. The molecule has 1 aliphatic rings. The van der Waals surface area contributed by atoms with Gasteiger partial charge in [-0.05, 0) is 50.5 Å². The Morgan fingerprint density at radius 3 is 2.69 bits per heavy atom. The van der Waals surface area contributed by atoms with E-state index in [4.69, 9.17) is 9.47 Å². The van der Waals surface area contributed by atoms with Crippen molar-refractivity contribution in [2.24, 2.45) is 5.92 Å². The number of sulfonamides is 1. The number of rotatable bonds is 9. The fraction of sp³-hybridized carbons (Fsp3) is 0.611. The molecule has 26 heavy (non-hydrogen) atoms. The van der Waals surface area contributed by atoms with E-state index in [0.717, 1.165) is 6.42 Å². The van der Waals surface area contributed by atoms with Crippen LogP contribution in [-0.4, -0.2) is 58.6 Å². The van der Waals surface area contributed by atoms with Crippen LogP contribution in [0.4, 0.5) is 0 Å². The lowest BCUT2D eigenvalue weighted by Gasteiger charge is -2.31. The van der Waals surface area contributed by atoms with Crippen LogP contribution in [0.1, 0.15) is 26.2 Å². The van der Waals surface area contributed by atoms with Crippen LogP contribution in [0.2, 0.25) is 0 Å². The standard InChI is InChI=1S/C18H28N2O5S/c1-3-25-13-5-11-19-18(21)15-6-4-12-20(14-15)26(22,23)17-9-7-16(24-2)8-10-17/h7-10,15H,3-6,11-14H2,1-2H3,(H,19,21). The zero-order valence-corrected chi connectivity index (χ0v) is 16.3. The van der Waals surface area contributed by atoms with Crippen molar-refractivity contribution >= 4 is 15.9 Å². The van der Waals surface area contributed by atoms with Crippen molar-refractivity contribution < 1.29 is 22.7 Å². The molecule has 1 N–H and O–H groups in total. The van der Waals surface area contributed by atoms with E-state index in [1.165, 1.54) is 23.5 Å². The molecular formula is C18H28N2O5S. The Kier molecular flexibility index (Phi) is 7.86. The highest BCUT2D eigenvalue weighted by molar-refractivity contribution is 7.89. The van der Waals surface area contributed by atoms with Crippen molar-refractivity contribution in [3.8, 4) is 5.75 Å². The zero-order chi connectivity index (χ0) is 19.0. The molecule has 0 saturated carbocycles. The summed E-state index contributed by atoms with van der Waals surface area (Å²) < 4.78 is 37.4. The van der Waals surface area contributed by atoms with E-state index in [9.17, 15) is 13.2 Å². The van der Waals surface area contributed by atoms with Crippen molar-refractivity contribution in [3.05, 3.63) is 24.3 Å². The van der Waals surface area contributed by atoms with Crippen molar-refractivity contribution in [1.82, 2.24) is 9.62 Å². The third-order valence-electron chi connectivity index (χ3n) is 4.42. The minimum atomic E-state index is -3.61. The van der Waals surface area contributed by atoms with Crippen LogP contribution in [0, 0.1) is 5.92 Å². The third-order valence-corrected chi connectivity index (χ3v) is 6.30. The summed E-state index contributed by atoms with van der Waals surface area (Å²) in [6, 6.07) is 6.32. The molecule has 1 amide bonds. The number of hydrogen-bond acceptors (Lipinski definition) is 5. The first-order valence-corrected chi connectivity index (χ1v) is 10.4. The molecule has 146 valence electrons. The number of benzene rings is 1. The van der Waals surface area contributed by atoms with E-state index in [1.54, 1.807) is 12.1 Å². The smallest absolute Gasteiger partial charge is 0.243 e. The van der Waals surface area contributed by atoms with Crippen molar-refractivity contribution in [2.45, 2.75) is 31.1 Å². The Morgan fingerprint density at radius 1 is 1.31 bits per heavy atom. The number of ether oxygens (including phenoxy) is 2. The van der Waals surface area contributed by atoms with Crippen LogP contribution in [0.25, 0.3) is 0 Å². The van der Waals surface area contributed by atoms with Crippen molar-refractivity contribution in [1.29, 1.82) is 0 Å². The molecular weight excluding hydrogens is 356 g/mol. The lowest BCUT2D eigenvalue weighted by atomic mass is 9.99. The first kappa shape index (κ1) is 20.7. The molecule has 0 radical (unpaired) electrons. The fourth-order valence-electron chi connectivity index (χ4n) is 2.95. The van der Waals surface area contributed by atoms with Crippen molar-refractivity contribution in [2.75, 3.05) is 40.0 Å². The summed E-state index contributed by atoms with van der Waals surface area (Å²) in [7, 11) is -2.07. The fourth-order valence-corrected chi connectivity index (χ4v) is 4.47. The Bertz CT molecular complexity index is 675. The monoisotopic (exact) mass is 384 g/mol. The lowest BCUT2D eigenvalue weighted by Crippen LogP contribution is -2.45. The predicted molar refractivity (Wildman–Crippen MR) is 98.6 cm³/mol. The van der Waals surface area contributed by atoms with E-state index in [0.29, 0.717) is 44.9 Å². The number of amides is 1. The minimum absolute atomic E-state index is 0.0869. The molecule has 1 saturated heterocycles. The van der Waals surface area contributed by atoms with E-state index in [2.05, 4.69) is 5.32 Å². The number of hydrogen-bond donors (Lipinski definition) is 1. The molecule has 1 heterocycles. The Labute approximate surface area is 155 Å². The molecule has 1 fully saturated rings. The second-order valence-electron chi connectivity index (χ2n) is 6.22. The summed E-state index contributed by atoms with van der Waals surface area (Å²) in [5.74, 6) is 0.201. The number of methoxy groups -OCH3 is 1. The topological polar surface area (TPSA) is 84.9 Å². The van der Waals surface area contributed by atoms with Crippen LogP contribution >= 0.6 is 0 Å². The summed E-state index contributed by atoms with van der Waals surface area (Å²) in [6.45, 7) is 4.39. The molecule has 0 aromatic heterocycles. The zero-order valence-electron chi connectivity index (χ0n) is 15.4. The van der Waals surface area contributed by atoms with Gasteiger partial charge in [0.1, 0.15) is 5.75 Å². The molecule has 0 aliphatic carbocycles. The highest BCUT2D eigenvalue weighted by Gasteiger charge is 2.33. The van der Waals surface area contributed by atoms with Gasteiger partial charge >= 0.3 is 0 Å². The molecule has 1 aromatic rings. The van der Waals surface area contributed by atoms with Gasteiger partial charge in [-0.25, -0.2) is 8.42 Å². The molecule has 1 unspecified atom stereocenters. The highest BCUT2D eigenvalue weighted by atomic mass is 32.2. The third kappa shape index (κ3) is 5.43. The summed E-state index contributed by atoms with van der Waals surface area (Å²) in [4.78, 5) is 12.6. The van der Waals surface area contributed by atoms with Crippen LogP contribution in [-0.2, 0) is 19.6 Å². The van der Waals surface area contributed by atoms with Gasteiger partial charge in [0.2, 0.25) is 15.9 Å². The van der Waals surface area contributed by atoms with Gasteiger partial charge in [0.25, 0.3) is 0 Å². The largest absolute Gasteiger partial charge is 0.497 e. The first-order valence-electron chi connectivity index (χ1n) is 8.98. The molecule has 2 rings (SSSR count). The van der Waals surface area contributed by atoms with Gasteiger partial charge in [-0.3, -0.25) is 4.79 Å². The molecule has 1 atom stereocenters. The highest BCUT2D eigenvalue weighted by Crippen LogP contribution is 2.25. The van der Waals surface area contributed by atoms with Gasteiger partial charge in [-0.1, -0.05) is 0 Å². The van der Waals surface area contributed by atoms with Gasteiger partial charge in [-0.15, -0.1) is 0 Å². The van der Waals surface area contributed by atoms with Gasteiger partial charge < -0.3 is 14.8 Å². The molecule has 1 aliphatic heterocycles. The average Bonchev–Trinajstić information content (AvgIpc) is 2.67. The maximum absolute atomic E-state index is 12.8. The van der Waals surface area contributed by atoms with Gasteiger partial charge in [0, 0.05) is 32.8 Å². The summed E-state index contributed by atoms with van der Waals surface area (Å²) in [5, 5.41) is 2.88. The van der Waals surface area contributed by atoms with E-state index >= 15 is 0 Å². The molecule has 0 bridgehead atoms. The summed E-state index contributed by atoms with van der Waals surface area (Å²) >= 11 is 0. The second-order valence-corrected chi connectivity index (χ2v) is 8.16. The average molecular weight is 384 g/mol. The van der Waals surface area contributed by atoms with Crippen LogP contribution in [0.5, 0.6) is 5.75 Å². The maximum Gasteiger partial charge on any atom is 0.243 e. The van der Waals surface area contributed by atoms with Gasteiger partial charge in [0.15, 0.2) is 0 Å². The Balaban J connectivity index is 1.94. The van der Waals surface area contributed by atoms with Crippen LogP contribution < -0.4 is 10.1 Å². The molecule has 8 heteroatoms. The number of carbonyl (C=O) groups excluding carboxylic acids is 1. The SMILES string of the molecule is CCOCCCNC(=O)C1CCCN(S(=O)(=O)c2ccc(OC)cc2)C1. The van der Waals surface area contributed by atoms with E-state index in [1.807, 2.05) is 6.92 Å². The summed E-state index contributed by atoms with van der Waals surface area (Å²) in [6.07, 6.45) is 2.12. The van der Waals surface area contributed by atoms with E-state index in [-0.39, 0.29) is 23.3 Å². The number of carbonyl (C=O) groups is 1. The number of nitrogens with one attached hydrogen (secondary N) is 1. The quantitative estimate of drug-likeness (QED) is 0.654. The first-order chi connectivity index (χ1) is 12.5. The van der Waals surface area contributed by atoms with Gasteiger partial charge in [0.05, 0.1) is 17.9 Å². The Morgan fingerprint density at radius 2 is 2.04 bits per heavy atom. The van der Waals surface area contributed by atoms with E-state index < -0.39 is 10.0 Å². The predicted octanol–water partition coefficient (Wildman–Crippen LogP) is 1.64. The van der Waals surface area contributed by atoms with Crippen LogP contribution in [0.3, 0.4) is 0 Å². The lowest BCUT2D eigenvalue weighted by molar-refractivity contribution is -0.126. The maximum atomic E-state index is 12.8. The molecule has 7 nitrogen and oxygen atoms in total. The second kappa shape index (κ2) is 9.89. The Hall–Kier alpha value is -1.64. The number of piperidine rings is 1. The van der Waals surface area contributed by atoms with Gasteiger partial charge in [-0.2, -0.15) is 4.31 Å². The molecule has 1 aromatic carbocycles. The van der Waals surface area contributed by atoms with Crippen LogP contribution in [0.15, 0.2) is 29.2 Å². The summed E-state index contributed by atoms with van der Waals surface area (Å²) in [5.41, 5.74) is 0. The normalized spacial score (nSPS) is 18.5. The minimum Gasteiger partial charge on any atom is -0.497 e.